The van der Waals surface area contributed by atoms with Gasteiger partial charge in [0.1, 0.15) is 36.6 Å². The van der Waals surface area contributed by atoms with E-state index < -0.39 is 73.2 Å². The maximum Gasteiger partial charge on any atom is 0.335 e. The van der Waals surface area contributed by atoms with Crippen LogP contribution in [0.5, 0.6) is 0 Å². The van der Waals surface area contributed by atoms with Crippen LogP contribution in [0, 0.1) is 0 Å². The molecule has 0 saturated carbocycles. The third-order valence-corrected chi connectivity index (χ3v) is 5.36. The van der Waals surface area contributed by atoms with Crippen molar-refractivity contribution in [1.82, 2.24) is 0 Å². The Morgan fingerprint density at radius 2 is 1.57 bits per heavy atom. The molecule has 0 aliphatic carbocycles. The molecule has 2 aliphatic heterocycles. The molecule has 15 nitrogen and oxygen atoms in total. The Balaban J connectivity index is 2.08. The molecule has 7 N–H and O–H groups in total. The standard InChI is InChI=1S/C20H36N2O13/c1-9-12(24)16(34-20-15(27)13(25)14(26)17(35-20)18(28)29)11(22-10(2)23)19(33-9)32-8-7-31-6-5-30-4-3-21/h9,11-17,19-20,24-27H,3-8,21H2,1-2H3,(H,22,23)(H,28,29)/p-1/t9-,11-,12-,13+,14-,15-,16-,17+,19-,20+/m1/s1. The van der Waals surface area contributed by atoms with Gasteiger partial charge in [-0.15, -0.1) is 0 Å². The summed E-state index contributed by atoms with van der Waals surface area (Å²) in [5.74, 6) is -2.24. The Hall–Kier alpha value is -1.50. The molecule has 2 heterocycles. The molecule has 0 aromatic rings. The van der Waals surface area contributed by atoms with Gasteiger partial charge in [0.15, 0.2) is 18.7 Å². The molecule has 204 valence electrons. The summed E-state index contributed by atoms with van der Waals surface area (Å²) in [6, 6.07) is -1.24. The van der Waals surface area contributed by atoms with E-state index >= 15 is 0 Å². The summed E-state index contributed by atoms with van der Waals surface area (Å²) in [6.45, 7) is 4.29. The first-order valence-corrected chi connectivity index (χ1v) is 11.2. The highest BCUT2D eigenvalue weighted by Gasteiger charge is 2.52. The van der Waals surface area contributed by atoms with E-state index in [2.05, 4.69) is 4.99 Å². The fourth-order valence-corrected chi connectivity index (χ4v) is 3.59. The minimum absolute atomic E-state index is 0.0234. The van der Waals surface area contributed by atoms with Gasteiger partial charge in [0, 0.05) is 6.54 Å². The summed E-state index contributed by atoms with van der Waals surface area (Å²) in [5, 5.41) is 61.9. The van der Waals surface area contributed by atoms with Crippen molar-refractivity contribution in [2.45, 2.75) is 75.2 Å². The van der Waals surface area contributed by atoms with Crippen molar-refractivity contribution in [3.8, 4) is 0 Å². The predicted molar refractivity (Wildman–Crippen MR) is 113 cm³/mol. The number of aliphatic imine (C=N–C) groups is 1. The first-order chi connectivity index (χ1) is 16.6. The Bertz CT molecular complexity index is 679. The molecular formula is C20H35N2O13-. The van der Waals surface area contributed by atoms with Crippen LogP contribution >= 0.6 is 0 Å². The summed E-state index contributed by atoms with van der Waals surface area (Å²) in [7, 11) is 0. The Morgan fingerprint density at radius 3 is 2.17 bits per heavy atom. The van der Waals surface area contributed by atoms with Crippen molar-refractivity contribution in [3.63, 3.8) is 0 Å². The van der Waals surface area contributed by atoms with Crippen LogP contribution in [0.15, 0.2) is 4.99 Å². The highest BCUT2D eigenvalue weighted by Crippen LogP contribution is 2.31. The van der Waals surface area contributed by atoms with E-state index in [0.717, 1.165) is 6.92 Å². The number of ether oxygens (including phenoxy) is 6. The number of nitrogens with zero attached hydrogens (tertiary/aromatic N) is 1. The molecule has 2 rings (SSSR count). The van der Waals surface area contributed by atoms with E-state index in [1.807, 2.05) is 0 Å². The summed E-state index contributed by atoms with van der Waals surface area (Å²) in [5.41, 5.74) is 5.32. The van der Waals surface area contributed by atoms with Crippen molar-refractivity contribution >= 4 is 11.9 Å². The SMILES string of the molecule is CC([O-])=N[C@H]1[C@H](OCCOCCOCCN)O[C@H](C)[C@@H](O)[C@@H]1O[C@H]1O[C@H](C(=O)O)[C@H](O)[C@H](O)[C@H]1O. The molecule has 10 atom stereocenters. The number of carbonyl (C=O) groups is 1. The van der Waals surface area contributed by atoms with Crippen LogP contribution < -0.4 is 10.8 Å². The number of carboxylic acid groups (broad SMARTS) is 1. The normalized spacial score (nSPS) is 38.4. The molecule has 35 heavy (non-hydrogen) atoms. The van der Waals surface area contributed by atoms with E-state index in [4.69, 9.17) is 34.2 Å². The van der Waals surface area contributed by atoms with Gasteiger partial charge in [0.25, 0.3) is 0 Å². The van der Waals surface area contributed by atoms with Crippen molar-refractivity contribution in [2.24, 2.45) is 10.7 Å². The van der Waals surface area contributed by atoms with E-state index in [-0.39, 0.29) is 13.2 Å². The molecule has 2 aliphatic rings. The van der Waals surface area contributed by atoms with Crippen molar-refractivity contribution in [2.75, 3.05) is 39.6 Å². The average molecular weight is 512 g/mol. The fraction of sp³-hybridized carbons (Fsp3) is 0.900. The monoisotopic (exact) mass is 511 g/mol. The lowest BCUT2D eigenvalue weighted by molar-refractivity contribution is -0.336. The summed E-state index contributed by atoms with van der Waals surface area (Å²) < 4.78 is 32.6. The van der Waals surface area contributed by atoms with Crippen LogP contribution in [0.2, 0.25) is 0 Å². The number of aliphatic hydroxyl groups is 4. The zero-order valence-corrected chi connectivity index (χ0v) is 19.5. The maximum atomic E-state index is 11.8. The minimum atomic E-state index is -1.92. The van der Waals surface area contributed by atoms with Crippen LogP contribution in [0.4, 0.5) is 0 Å². The Morgan fingerprint density at radius 1 is 0.943 bits per heavy atom. The molecule has 0 aromatic carbocycles. The third-order valence-electron chi connectivity index (χ3n) is 5.36. The Kier molecular flexibility index (Phi) is 12.1. The molecule has 0 unspecified atom stereocenters. The molecular weight excluding hydrogens is 476 g/mol. The zero-order chi connectivity index (χ0) is 26.1. The van der Waals surface area contributed by atoms with E-state index in [9.17, 15) is 35.4 Å². The average Bonchev–Trinajstić information content (AvgIpc) is 2.80. The lowest BCUT2D eigenvalue weighted by Gasteiger charge is -2.46. The minimum Gasteiger partial charge on any atom is -0.862 e. The van der Waals surface area contributed by atoms with Crippen molar-refractivity contribution in [3.05, 3.63) is 0 Å². The van der Waals surface area contributed by atoms with Gasteiger partial charge in [-0.05, 0) is 19.7 Å². The Labute approximate surface area is 202 Å². The number of aliphatic hydroxyl groups excluding tert-OH is 4. The van der Waals surface area contributed by atoms with Gasteiger partial charge in [-0.2, -0.15) is 0 Å². The lowest BCUT2D eigenvalue weighted by Crippen LogP contribution is -2.64. The third kappa shape index (κ3) is 8.26. The van der Waals surface area contributed by atoms with Gasteiger partial charge in [-0.3, -0.25) is 4.99 Å². The molecule has 0 aromatic heterocycles. The molecule has 0 radical (unpaired) electrons. The van der Waals surface area contributed by atoms with E-state index in [1.165, 1.54) is 6.92 Å². The smallest absolute Gasteiger partial charge is 0.335 e. The highest BCUT2D eigenvalue weighted by molar-refractivity contribution is 5.73. The van der Waals surface area contributed by atoms with Gasteiger partial charge in [-0.1, -0.05) is 0 Å². The molecule has 0 bridgehead atoms. The van der Waals surface area contributed by atoms with Crippen molar-refractivity contribution < 1.29 is 63.9 Å². The fourth-order valence-electron chi connectivity index (χ4n) is 3.59. The molecule has 2 fully saturated rings. The summed E-state index contributed by atoms with van der Waals surface area (Å²) in [6.07, 6.45) is -14.2. The zero-order valence-electron chi connectivity index (χ0n) is 19.5. The highest BCUT2D eigenvalue weighted by atomic mass is 16.7. The topological polar surface area (TPSA) is 235 Å². The van der Waals surface area contributed by atoms with Crippen LogP contribution in [0.1, 0.15) is 13.8 Å². The largest absolute Gasteiger partial charge is 0.862 e. The quantitative estimate of drug-likeness (QED) is 0.0777. The van der Waals surface area contributed by atoms with Crippen molar-refractivity contribution in [1.29, 1.82) is 0 Å². The first-order valence-electron chi connectivity index (χ1n) is 11.2. The van der Waals surface area contributed by atoms with Gasteiger partial charge in [0.05, 0.1) is 39.1 Å². The summed E-state index contributed by atoms with van der Waals surface area (Å²) >= 11 is 0. The van der Waals surface area contributed by atoms with Crippen LogP contribution in [0.25, 0.3) is 0 Å². The van der Waals surface area contributed by atoms with E-state index in [0.29, 0.717) is 26.4 Å². The van der Waals surface area contributed by atoms with Gasteiger partial charge in [-0.25, -0.2) is 4.79 Å². The van der Waals surface area contributed by atoms with Gasteiger partial charge >= 0.3 is 5.97 Å². The second-order valence-corrected chi connectivity index (χ2v) is 8.06. The van der Waals surface area contributed by atoms with Crippen LogP contribution in [-0.2, 0) is 33.2 Å². The molecule has 0 amide bonds. The van der Waals surface area contributed by atoms with E-state index in [1.54, 1.807) is 0 Å². The second-order valence-electron chi connectivity index (χ2n) is 8.06. The van der Waals surface area contributed by atoms with Crippen LogP contribution in [-0.4, -0.2) is 138 Å². The second kappa shape index (κ2) is 14.3. The first kappa shape index (κ1) is 29.7. The number of nitrogens with two attached hydrogens (primary N) is 1. The number of hydrogen-bond acceptors (Lipinski definition) is 14. The van der Waals surface area contributed by atoms with Gasteiger partial charge in [0.2, 0.25) is 0 Å². The predicted octanol–water partition coefficient (Wildman–Crippen LogP) is -4.47. The molecule has 0 spiro atoms. The number of rotatable bonds is 13. The number of aliphatic carboxylic acids is 1. The summed E-state index contributed by atoms with van der Waals surface area (Å²) in [4.78, 5) is 15.3. The molecule has 15 heteroatoms. The number of carboxylic acids is 1. The van der Waals surface area contributed by atoms with Crippen LogP contribution in [0.3, 0.4) is 0 Å². The lowest BCUT2D eigenvalue weighted by atomic mass is 9.96. The molecule has 2 saturated heterocycles. The maximum absolute atomic E-state index is 11.8. The van der Waals surface area contributed by atoms with Gasteiger partial charge < -0.3 is 64.8 Å². The number of hydrogen-bond donors (Lipinski definition) is 6.